The molecular formula is C26H41N9O5. The predicted molar refractivity (Wildman–Crippen MR) is 152 cm³/mol. The van der Waals surface area contributed by atoms with Gasteiger partial charge in [0.25, 0.3) is 0 Å². The molecule has 3 amide bonds. The number of unbranched alkanes of at least 4 members (excludes halogenated alkanes) is 1. The fourth-order valence-corrected chi connectivity index (χ4v) is 4.09. The normalized spacial score (nSPS) is 14.0. The van der Waals surface area contributed by atoms with Gasteiger partial charge in [0.05, 0.1) is 6.04 Å². The third-order valence-corrected chi connectivity index (χ3v) is 6.35. The van der Waals surface area contributed by atoms with E-state index < -0.39 is 47.9 Å². The molecule has 40 heavy (non-hydrogen) atoms. The molecule has 0 bridgehead atoms. The summed E-state index contributed by atoms with van der Waals surface area (Å²) in [6.07, 6.45) is 4.06. The maximum absolute atomic E-state index is 13.1. The van der Waals surface area contributed by atoms with Gasteiger partial charge < -0.3 is 49.0 Å². The number of carbonyl (C=O) groups excluding carboxylic acids is 3. The van der Waals surface area contributed by atoms with E-state index in [1.807, 2.05) is 24.3 Å². The van der Waals surface area contributed by atoms with Crippen molar-refractivity contribution in [3.05, 3.63) is 36.0 Å². The number of H-pyrrole nitrogens is 1. The van der Waals surface area contributed by atoms with Gasteiger partial charge in [-0.3, -0.25) is 19.4 Å². The molecule has 4 unspecified atom stereocenters. The molecule has 14 heteroatoms. The highest BCUT2D eigenvalue weighted by atomic mass is 16.4. The number of hydrogen-bond acceptors (Lipinski definition) is 7. The van der Waals surface area contributed by atoms with E-state index in [0.29, 0.717) is 32.2 Å². The summed E-state index contributed by atoms with van der Waals surface area (Å²) >= 11 is 0. The van der Waals surface area contributed by atoms with Crippen LogP contribution in [0.1, 0.15) is 44.6 Å². The highest BCUT2D eigenvalue weighted by Crippen LogP contribution is 2.19. The van der Waals surface area contributed by atoms with Crippen LogP contribution in [0.2, 0.25) is 0 Å². The SMILES string of the molecule is CC(NC(=O)C(CCCN=C(N)N)NC(=O)C(N)CCCCN)C(=O)NC(Cc1c[nH]c2ccccc12)C(=O)O. The van der Waals surface area contributed by atoms with E-state index in [9.17, 15) is 24.3 Å². The van der Waals surface area contributed by atoms with E-state index in [1.54, 1.807) is 6.20 Å². The number of guanidine groups is 1. The molecule has 0 radical (unpaired) electrons. The Balaban J connectivity index is 2.03. The fourth-order valence-electron chi connectivity index (χ4n) is 4.09. The summed E-state index contributed by atoms with van der Waals surface area (Å²) in [6, 6.07) is 3.25. The van der Waals surface area contributed by atoms with Crippen LogP contribution in [0.25, 0.3) is 10.9 Å². The lowest BCUT2D eigenvalue weighted by atomic mass is 10.0. The summed E-state index contributed by atoms with van der Waals surface area (Å²) in [4.78, 5) is 57.4. The maximum atomic E-state index is 13.1. The zero-order valence-corrected chi connectivity index (χ0v) is 22.7. The molecule has 0 spiro atoms. The van der Waals surface area contributed by atoms with Crippen LogP contribution in [0.15, 0.2) is 35.5 Å². The number of aromatic nitrogens is 1. The van der Waals surface area contributed by atoms with Gasteiger partial charge in [-0.05, 0) is 50.8 Å². The van der Waals surface area contributed by atoms with Crippen molar-refractivity contribution in [1.82, 2.24) is 20.9 Å². The first-order chi connectivity index (χ1) is 19.0. The quantitative estimate of drug-likeness (QED) is 0.0638. The number of aromatic amines is 1. The second kappa shape index (κ2) is 16.1. The predicted octanol–water partition coefficient (Wildman–Crippen LogP) is -1.22. The molecule has 220 valence electrons. The van der Waals surface area contributed by atoms with Crippen molar-refractivity contribution in [3.8, 4) is 0 Å². The lowest BCUT2D eigenvalue weighted by Crippen LogP contribution is -2.56. The Labute approximate surface area is 232 Å². The number of amides is 3. The van der Waals surface area contributed by atoms with E-state index in [0.717, 1.165) is 16.5 Å². The van der Waals surface area contributed by atoms with Crippen LogP contribution >= 0.6 is 0 Å². The third kappa shape index (κ3) is 10.2. The van der Waals surface area contributed by atoms with Gasteiger partial charge in [0.2, 0.25) is 17.7 Å². The molecule has 4 atom stereocenters. The highest BCUT2D eigenvalue weighted by Gasteiger charge is 2.28. The van der Waals surface area contributed by atoms with Gasteiger partial charge >= 0.3 is 5.97 Å². The Kier molecular flexibility index (Phi) is 12.9. The van der Waals surface area contributed by atoms with Crippen LogP contribution in [0, 0.1) is 0 Å². The van der Waals surface area contributed by atoms with Crippen molar-refractivity contribution in [2.45, 2.75) is 69.6 Å². The molecule has 0 fully saturated rings. The monoisotopic (exact) mass is 559 g/mol. The van der Waals surface area contributed by atoms with Gasteiger partial charge in [-0.15, -0.1) is 0 Å². The second-order valence-corrected chi connectivity index (χ2v) is 9.59. The molecule has 0 saturated heterocycles. The summed E-state index contributed by atoms with van der Waals surface area (Å²) < 4.78 is 0. The minimum absolute atomic E-state index is 0.0390. The number of carboxylic acids is 1. The largest absolute Gasteiger partial charge is 0.480 e. The fraction of sp³-hybridized carbons (Fsp3) is 0.500. The Hall–Kier alpha value is -4.17. The molecule has 14 nitrogen and oxygen atoms in total. The Morgan fingerprint density at radius 2 is 1.65 bits per heavy atom. The molecule has 0 aliphatic heterocycles. The van der Waals surface area contributed by atoms with Gasteiger partial charge in [0.1, 0.15) is 18.1 Å². The van der Waals surface area contributed by atoms with E-state index in [4.69, 9.17) is 22.9 Å². The molecule has 2 rings (SSSR count). The lowest BCUT2D eigenvalue weighted by Gasteiger charge is -2.23. The van der Waals surface area contributed by atoms with Gasteiger partial charge in [0.15, 0.2) is 5.96 Å². The minimum Gasteiger partial charge on any atom is -0.480 e. The van der Waals surface area contributed by atoms with Crippen molar-refractivity contribution >= 4 is 40.6 Å². The molecule has 0 aliphatic carbocycles. The number of benzene rings is 1. The number of rotatable bonds is 17. The van der Waals surface area contributed by atoms with Crippen LogP contribution < -0.4 is 38.9 Å². The summed E-state index contributed by atoms with van der Waals surface area (Å²) in [6.45, 7) is 2.14. The smallest absolute Gasteiger partial charge is 0.326 e. The van der Waals surface area contributed by atoms with Crippen molar-refractivity contribution in [1.29, 1.82) is 0 Å². The first kappa shape index (κ1) is 32.0. The molecule has 1 heterocycles. The van der Waals surface area contributed by atoms with Crippen LogP contribution in [0.3, 0.4) is 0 Å². The third-order valence-electron chi connectivity index (χ3n) is 6.35. The maximum Gasteiger partial charge on any atom is 0.326 e. The number of nitrogens with two attached hydrogens (primary N) is 4. The summed E-state index contributed by atoms with van der Waals surface area (Å²) in [5, 5.41) is 18.2. The van der Waals surface area contributed by atoms with Crippen LogP contribution in [-0.4, -0.2) is 77.0 Å². The Bertz CT molecular complexity index is 1180. The first-order valence-electron chi connectivity index (χ1n) is 13.2. The molecule has 0 saturated carbocycles. The van der Waals surface area contributed by atoms with Crippen LogP contribution in [0.4, 0.5) is 0 Å². The van der Waals surface area contributed by atoms with Gasteiger partial charge in [-0.1, -0.05) is 24.6 Å². The standard InChI is InChI=1S/C26H41N9O5/c1-15(22(36)35-21(25(39)40)13-16-14-32-19-9-3-2-7-17(16)19)33-24(38)20(10-6-12-31-26(29)30)34-23(37)18(28)8-4-5-11-27/h2-3,7,9,14-15,18,20-21,32H,4-6,8,10-13,27-28H2,1H3,(H,33,38)(H,34,37)(H,35,36)(H,39,40)(H4,29,30,31). The second-order valence-electron chi connectivity index (χ2n) is 9.59. The molecule has 13 N–H and O–H groups in total. The number of hydrogen-bond donors (Lipinski definition) is 9. The number of aliphatic carboxylic acids is 1. The number of para-hydroxylation sites is 1. The molecule has 1 aromatic carbocycles. The zero-order chi connectivity index (χ0) is 29.7. The lowest BCUT2D eigenvalue weighted by molar-refractivity contribution is -0.142. The van der Waals surface area contributed by atoms with Crippen molar-refractivity contribution in [2.75, 3.05) is 13.1 Å². The van der Waals surface area contributed by atoms with Crippen LogP contribution in [-0.2, 0) is 25.6 Å². The number of carboxylic acid groups (broad SMARTS) is 1. The Morgan fingerprint density at radius 1 is 0.950 bits per heavy atom. The number of aliphatic imine (C=N–C) groups is 1. The topological polar surface area (TPSA) is 257 Å². The van der Waals surface area contributed by atoms with Gasteiger partial charge in [-0.2, -0.15) is 0 Å². The van der Waals surface area contributed by atoms with E-state index in [-0.39, 0.29) is 25.3 Å². The van der Waals surface area contributed by atoms with E-state index >= 15 is 0 Å². The summed E-state index contributed by atoms with van der Waals surface area (Å²) in [7, 11) is 0. The molecule has 1 aromatic heterocycles. The first-order valence-corrected chi connectivity index (χ1v) is 13.2. The van der Waals surface area contributed by atoms with Crippen molar-refractivity contribution in [2.24, 2.45) is 27.9 Å². The van der Waals surface area contributed by atoms with Gasteiger partial charge in [0, 0.05) is 30.1 Å². The number of nitrogens with one attached hydrogen (secondary N) is 4. The number of nitrogens with zero attached hydrogens (tertiary/aromatic N) is 1. The average Bonchev–Trinajstić information content (AvgIpc) is 3.32. The zero-order valence-electron chi connectivity index (χ0n) is 22.7. The van der Waals surface area contributed by atoms with E-state index in [1.165, 1.54) is 6.92 Å². The summed E-state index contributed by atoms with van der Waals surface area (Å²) in [5.74, 6) is -3.15. The summed E-state index contributed by atoms with van der Waals surface area (Å²) in [5.41, 5.74) is 23.7. The van der Waals surface area contributed by atoms with Crippen molar-refractivity contribution < 1.29 is 24.3 Å². The van der Waals surface area contributed by atoms with Gasteiger partial charge in [-0.25, -0.2) is 4.79 Å². The average molecular weight is 560 g/mol. The molecule has 0 aliphatic rings. The van der Waals surface area contributed by atoms with Crippen LogP contribution in [0.5, 0.6) is 0 Å². The number of carbonyl (C=O) groups is 4. The van der Waals surface area contributed by atoms with E-state index in [2.05, 4.69) is 25.9 Å². The Morgan fingerprint density at radius 3 is 2.33 bits per heavy atom. The minimum atomic E-state index is -1.23. The molecular weight excluding hydrogens is 518 g/mol. The van der Waals surface area contributed by atoms with Crippen molar-refractivity contribution in [3.63, 3.8) is 0 Å². The number of fused-ring (bicyclic) bond motifs is 1. The molecule has 2 aromatic rings. The highest BCUT2D eigenvalue weighted by molar-refractivity contribution is 5.94.